The van der Waals surface area contributed by atoms with Crippen LogP contribution in [0.15, 0.2) is 18.2 Å². The Morgan fingerprint density at radius 1 is 1.21 bits per heavy atom. The summed E-state index contributed by atoms with van der Waals surface area (Å²) in [6.45, 7) is 6.72. The van der Waals surface area contributed by atoms with Gasteiger partial charge < -0.3 is 14.9 Å². The summed E-state index contributed by atoms with van der Waals surface area (Å²) in [5, 5.41) is 21.1. The molecule has 0 spiro atoms. The molecule has 164 valence electrons. The molecule has 0 heterocycles. The Labute approximate surface area is 176 Å². The average molecular weight is 405 g/mol. The van der Waals surface area contributed by atoms with E-state index >= 15 is 0 Å². The fraction of sp³-hybridized carbons (Fsp3) is 0.720. The Bertz CT molecular complexity index is 652. The van der Waals surface area contributed by atoms with Crippen LogP contribution in [0, 0.1) is 5.92 Å². The number of unbranched alkanes of at least 4 members (excludes halogenated alkanes) is 3. The molecule has 1 aromatic rings. The summed E-state index contributed by atoms with van der Waals surface area (Å²) in [5.74, 6) is 0.479. The van der Waals surface area contributed by atoms with Gasteiger partial charge in [0.1, 0.15) is 5.75 Å². The topological polar surface area (TPSA) is 66.8 Å². The SMILES string of the molecule is CCCCCCC(C)(C)c1ccc(C2CC(O)CCC2CCC(=O)OC)c(O)c1. The van der Waals surface area contributed by atoms with Crippen molar-refractivity contribution in [2.45, 2.75) is 102 Å². The Kier molecular flexibility index (Phi) is 9.01. The molecule has 1 aliphatic carbocycles. The van der Waals surface area contributed by atoms with Crippen LogP contribution in [0.2, 0.25) is 0 Å². The maximum absolute atomic E-state index is 11.6. The van der Waals surface area contributed by atoms with Gasteiger partial charge in [0.15, 0.2) is 0 Å². The van der Waals surface area contributed by atoms with Crippen LogP contribution in [-0.4, -0.2) is 29.4 Å². The van der Waals surface area contributed by atoms with E-state index in [2.05, 4.69) is 26.8 Å². The zero-order chi connectivity index (χ0) is 21.4. The standard InChI is InChI=1S/C25H40O4/c1-5-6-7-8-15-25(2,3)19-11-13-21(23(27)16-19)22-17-20(26)12-9-18(22)10-14-24(28)29-4/h11,13,16,18,20,22,26-27H,5-10,12,14-15,17H2,1-4H3. The number of carbonyl (C=O) groups excluding carboxylic acids is 1. The zero-order valence-corrected chi connectivity index (χ0v) is 18.7. The highest BCUT2D eigenvalue weighted by Gasteiger charge is 2.33. The van der Waals surface area contributed by atoms with E-state index < -0.39 is 0 Å². The van der Waals surface area contributed by atoms with Gasteiger partial charge in [-0.2, -0.15) is 0 Å². The highest BCUT2D eigenvalue weighted by molar-refractivity contribution is 5.69. The molecule has 1 aromatic carbocycles. The minimum Gasteiger partial charge on any atom is -0.508 e. The number of hydrogen-bond acceptors (Lipinski definition) is 4. The normalized spacial score (nSPS) is 22.4. The smallest absolute Gasteiger partial charge is 0.305 e. The summed E-state index contributed by atoms with van der Waals surface area (Å²) in [6.07, 6.45) is 9.11. The third-order valence-corrected chi connectivity index (χ3v) is 6.78. The molecule has 3 unspecified atom stereocenters. The molecule has 2 N–H and O–H groups in total. The Balaban J connectivity index is 2.14. The fourth-order valence-corrected chi connectivity index (χ4v) is 4.76. The molecule has 4 heteroatoms. The number of carbonyl (C=O) groups is 1. The van der Waals surface area contributed by atoms with Crippen molar-refractivity contribution >= 4 is 5.97 Å². The molecular formula is C25H40O4. The molecule has 1 saturated carbocycles. The highest BCUT2D eigenvalue weighted by Crippen LogP contribution is 2.44. The lowest BCUT2D eigenvalue weighted by Crippen LogP contribution is -2.27. The lowest BCUT2D eigenvalue weighted by Gasteiger charge is -2.35. The lowest BCUT2D eigenvalue weighted by atomic mass is 9.71. The number of aromatic hydroxyl groups is 1. The molecule has 0 amide bonds. The van der Waals surface area contributed by atoms with Crippen molar-refractivity contribution in [2.24, 2.45) is 5.92 Å². The second-order valence-electron chi connectivity index (χ2n) is 9.42. The molecule has 1 aliphatic rings. The van der Waals surface area contributed by atoms with Crippen LogP contribution in [0.4, 0.5) is 0 Å². The van der Waals surface area contributed by atoms with Crippen LogP contribution in [0.5, 0.6) is 5.75 Å². The van der Waals surface area contributed by atoms with Gasteiger partial charge in [0.25, 0.3) is 0 Å². The van der Waals surface area contributed by atoms with Crippen molar-refractivity contribution in [1.29, 1.82) is 0 Å². The van der Waals surface area contributed by atoms with E-state index in [1.165, 1.54) is 32.8 Å². The van der Waals surface area contributed by atoms with E-state index in [0.29, 0.717) is 18.6 Å². The molecule has 2 rings (SSSR count). The number of methoxy groups -OCH3 is 1. The molecule has 0 bridgehead atoms. The average Bonchev–Trinajstić information content (AvgIpc) is 2.70. The predicted octanol–water partition coefficient (Wildman–Crippen LogP) is 5.84. The number of benzene rings is 1. The predicted molar refractivity (Wildman–Crippen MR) is 117 cm³/mol. The maximum atomic E-state index is 11.6. The summed E-state index contributed by atoms with van der Waals surface area (Å²) in [4.78, 5) is 11.6. The monoisotopic (exact) mass is 404 g/mol. The minimum absolute atomic E-state index is 0.0279. The molecule has 29 heavy (non-hydrogen) atoms. The molecule has 0 radical (unpaired) electrons. The maximum Gasteiger partial charge on any atom is 0.305 e. The lowest BCUT2D eigenvalue weighted by molar-refractivity contribution is -0.141. The van der Waals surface area contributed by atoms with Gasteiger partial charge in [0.2, 0.25) is 0 Å². The van der Waals surface area contributed by atoms with Crippen LogP contribution in [0.1, 0.15) is 102 Å². The molecular weight excluding hydrogens is 364 g/mol. The van der Waals surface area contributed by atoms with E-state index in [-0.39, 0.29) is 29.3 Å². The Morgan fingerprint density at radius 3 is 2.62 bits per heavy atom. The number of aliphatic hydroxyl groups is 1. The molecule has 0 aliphatic heterocycles. The van der Waals surface area contributed by atoms with Gasteiger partial charge in [-0.1, -0.05) is 58.6 Å². The summed E-state index contributed by atoms with van der Waals surface area (Å²) >= 11 is 0. The number of rotatable bonds is 10. The van der Waals surface area contributed by atoms with Gasteiger partial charge in [0.05, 0.1) is 13.2 Å². The van der Waals surface area contributed by atoms with Crippen molar-refractivity contribution in [3.8, 4) is 5.75 Å². The highest BCUT2D eigenvalue weighted by atomic mass is 16.5. The van der Waals surface area contributed by atoms with Crippen LogP contribution < -0.4 is 0 Å². The van der Waals surface area contributed by atoms with Crippen LogP contribution in [0.25, 0.3) is 0 Å². The quantitative estimate of drug-likeness (QED) is 0.380. The first-order valence-corrected chi connectivity index (χ1v) is 11.4. The van der Waals surface area contributed by atoms with Crippen molar-refractivity contribution in [1.82, 2.24) is 0 Å². The summed E-state index contributed by atoms with van der Waals surface area (Å²) < 4.78 is 4.79. The van der Waals surface area contributed by atoms with Gasteiger partial charge >= 0.3 is 5.97 Å². The van der Waals surface area contributed by atoms with Gasteiger partial charge in [0, 0.05) is 6.42 Å². The molecule has 1 fully saturated rings. The largest absolute Gasteiger partial charge is 0.508 e. The van der Waals surface area contributed by atoms with Gasteiger partial charge in [-0.05, 0) is 66.5 Å². The van der Waals surface area contributed by atoms with Gasteiger partial charge in [-0.25, -0.2) is 0 Å². The number of hydrogen-bond donors (Lipinski definition) is 2. The van der Waals surface area contributed by atoms with Crippen molar-refractivity contribution in [2.75, 3.05) is 7.11 Å². The summed E-state index contributed by atoms with van der Waals surface area (Å²) in [5.41, 5.74) is 2.10. The summed E-state index contributed by atoms with van der Waals surface area (Å²) in [6, 6.07) is 6.12. The van der Waals surface area contributed by atoms with E-state index in [1.807, 2.05) is 12.1 Å². The summed E-state index contributed by atoms with van der Waals surface area (Å²) in [7, 11) is 1.42. The van der Waals surface area contributed by atoms with Crippen molar-refractivity contribution < 1.29 is 19.7 Å². The first kappa shape index (κ1) is 23.7. The van der Waals surface area contributed by atoms with Crippen molar-refractivity contribution in [3.63, 3.8) is 0 Å². The Hall–Kier alpha value is -1.55. The first-order chi connectivity index (χ1) is 13.8. The first-order valence-electron chi connectivity index (χ1n) is 11.4. The second-order valence-corrected chi connectivity index (χ2v) is 9.42. The molecule has 4 nitrogen and oxygen atoms in total. The number of ether oxygens (including phenoxy) is 1. The van der Waals surface area contributed by atoms with Crippen LogP contribution in [0.3, 0.4) is 0 Å². The molecule has 0 saturated heterocycles. The molecule has 0 aromatic heterocycles. The van der Waals surface area contributed by atoms with Crippen LogP contribution in [-0.2, 0) is 14.9 Å². The number of aliphatic hydroxyl groups excluding tert-OH is 1. The fourth-order valence-electron chi connectivity index (χ4n) is 4.76. The molecule has 3 atom stereocenters. The second kappa shape index (κ2) is 11.0. The van der Waals surface area contributed by atoms with E-state index in [4.69, 9.17) is 4.74 Å². The van der Waals surface area contributed by atoms with E-state index in [0.717, 1.165) is 36.8 Å². The minimum atomic E-state index is -0.344. The number of phenols is 1. The van der Waals surface area contributed by atoms with E-state index in [1.54, 1.807) is 0 Å². The number of phenolic OH excluding ortho intramolecular Hbond substituents is 1. The van der Waals surface area contributed by atoms with Crippen LogP contribution >= 0.6 is 0 Å². The third kappa shape index (κ3) is 6.74. The van der Waals surface area contributed by atoms with Gasteiger partial charge in [-0.3, -0.25) is 4.79 Å². The zero-order valence-electron chi connectivity index (χ0n) is 18.7. The van der Waals surface area contributed by atoms with E-state index in [9.17, 15) is 15.0 Å². The van der Waals surface area contributed by atoms with Crippen molar-refractivity contribution in [3.05, 3.63) is 29.3 Å². The van der Waals surface area contributed by atoms with Gasteiger partial charge in [-0.15, -0.1) is 0 Å². The number of esters is 1. The third-order valence-electron chi connectivity index (χ3n) is 6.78. The Morgan fingerprint density at radius 2 is 1.97 bits per heavy atom.